The van der Waals surface area contributed by atoms with Crippen molar-refractivity contribution >= 4 is 34.1 Å². The zero-order chi connectivity index (χ0) is 45.7. The molecule has 10 aromatic carbocycles. The molecule has 0 radical (unpaired) electrons. The van der Waals surface area contributed by atoms with Gasteiger partial charge in [-0.3, -0.25) is 0 Å². The molecule has 0 bridgehead atoms. The molecular formula is C66H50N2. The van der Waals surface area contributed by atoms with Gasteiger partial charge in [0.15, 0.2) is 0 Å². The third-order valence-corrected chi connectivity index (χ3v) is 13.3. The predicted molar refractivity (Wildman–Crippen MR) is 287 cm³/mol. The first-order chi connectivity index (χ1) is 33.7. The zero-order valence-electron chi connectivity index (χ0n) is 38.0. The molecule has 0 unspecified atom stereocenters. The largest absolute Gasteiger partial charge is 0.310 e. The summed E-state index contributed by atoms with van der Waals surface area (Å²) in [6.45, 7) is 2.06. The summed E-state index contributed by atoms with van der Waals surface area (Å²) in [5.74, 6) is 0. The van der Waals surface area contributed by atoms with Crippen molar-refractivity contribution in [3.05, 3.63) is 313 Å². The van der Waals surface area contributed by atoms with Gasteiger partial charge in [0.25, 0.3) is 0 Å². The van der Waals surface area contributed by atoms with Gasteiger partial charge in [-0.1, -0.05) is 218 Å². The number of fused-ring (bicyclic) bond motifs is 3. The number of hydrogen-bond donors (Lipinski definition) is 0. The van der Waals surface area contributed by atoms with E-state index >= 15 is 0 Å². The Kier molecular flexibility index (Phi) is 11.5. The molecule has 11 rings (SSSR count). The highest BCUT2D eigenvalue weighted by Crippen LogP contribution is 2.57. The van der Waals surface area contributed by atoms with Gasteiger partial charge in [0.2, 0.25) is 0 Å². The van der Waals surface area contributed by atoms with Gasteiger partial charge in [-0.25, -0.2) is 0 Å². The number of rotatable bonds is 12. The van der Waals surface area contributed by atoms with Crippen molar-refractivity contribution in [3.8, 4) is 33.4 Å². The molecule has 0 amide bonds. The molecule has 0 heterocycles. The van der Waals surface area contributed by atoms with E-state index in [2.05, 4.69) is 302 Å². The Morgan fingerprint density at radius 1 is 0.353 bits per heavy atom. The first kappa shape index (κ1) is 41.9. The van der Waals surface area contributed by atoms with Crippen LogP contribution < -0.4 is 9.80 Å². The Labute approximate surface area is 400 Å². The Morgan fingerprint density at radius 2 is 0.765 bits per heavy atom. The molecule has 1 aliphatic rings. The Morgan fingerprint density at radius 3 is 1.31 bits per heavy atom. The van der Waals surface area contributed by atoms with Gasteiger partial charge < -0.3 is 9.80 Å². The normalized spacial score (nSPS) is 12.6. The zero-order valence-corrected chi connectivity index (χ0v) is 38.0. The quantitative estimate of drug-likeness (QED) is 0.113. The van der Waals surface area contributed by atoms with E-state index in [-0.39, 0.29) is 0 Å². The Balaban J connectivity index is 1.01. The first-order valence-electron chi connectivity index (χ1n) is 23.5. The van der Waals surface area contributed by atoms with Crippen LogP contribution in [0.3, 0.4) is 0 Å². The molecule has 0 aromatic heterocycles. The second kappa shape index (κ2) is 18.6. The van der Waals surface area contributed by atoms with Crippen LogP contribution in [0.15, 0.2) is 285 Å². The van der Waals surface area contributed by atoms with Crippen molar-refractivity contribution in [2.45, 2.75) is 12.3 Å². The molecule has 2 heteroatoms. The summed E-state index contributed by atoms with van der Waals surface area (Å²) in [6, 6.07) is 96.9. The minimum absolute atomic E-state index is 0.510. The van der Waals surface area contributed by atoms with Crippen molar-refractivity contribution < 1.29 is 0 Å². The Bertz CT molecular complexity index is 3300. The number of nitrogens with zero attached hydrogens (tertiary/aromatic N) is 2. The van der Waals surface area contributed by atoms with Crippen LogP contribution in [0.2, 0.25) is 0 Å². The van der Waals surface area contributed by atoms with Gasteiger partial charge in [-0.15, -0.1) is 0 Å². The van der Waals surface area contributed by atoms with E-state index < -0.39 is 5.41 Å². The molecule has 0 atom stereocenters. The molecule has 324 valence electrons. The second-order valence-electron chi connectivity index (χ2n) is 17.2. The van der Waals surface area contributed by atoms with Crippen LogP contribution in [0, 0.1) is 0 Å². The van der Waals surface area contributed by atoms with Crippen LogP contribution in [0.25, 0.3) is 39.1 Å². The van der Waals surface area contributed by atoms with Gasteiger partial charge >= 0.3 is 0 Å². The summed E-state index contributed by atoms with van der Waals surface area (Å²) >= 11 is 0. The summed E-state index contributed by atoms with van der Waals surface area (Å²) < 4.78 is 0. The summed E-state index contributed by atoms with van der Waals surface area (Å²) in [5.41, 5.74) is 19.5. The summed E-state index contributed by atoms with van der Waals surface area (Å²) in [4.78, 5) is 4.74. The SMILES string of the molecule is C/C=C\C=C(/c1ccccc1)N(c1ccccc1)c1ccc(-c2ccc(N(c3ccc(-c4ccccc4)cc3)c3ccc4c(c3)C(c3ccccc3)(c3ccccc3)c3ccccc3-4)cc2)cc1. The Hall–Kier alpha value is -8.72. The fourth-order valence-corrected chi connectivity index (χ4v) is 10.2. The third kappa shape index (κ3) is 7.72. The number of anilines is 5. The molecule has 2 nitrogen and oxygen atoms in total. The predicted octanol–water partition coefficient (Wildman–Crippen LogP) is 17.6. The monoisotopic (exact) mass is 870 g/mol. The lowest BCUT2D eigenvalue weighted by Gasteiger charge is -2.35. The van der Waals surface area contributed by atoms with Gasteiger partial charge in [0.05, 0.1) is 11.1 Å². The maximum absolute atomic E-state index is 2.44. The first-order valence-corrected chi connectivity index (χ1v) is 23.5. The summed E-state index contributed by atoms with van der Waals surface area (Å²) in [6.07, 6.45) is 6.38. The highest BCUT2D eigenvalue weighted by Gasteiger charge is 2.46. The topological polar surface area (TPSA) is 6.48 Å². The third-order valence-electron chi connectivity index (χ3n) is 13.3. The molecule has 0 N–H and O–H groups in total. The maximum Gasteiger partial charge on any atom is 0.0714 e. The van der Waals surface area contributed by atoms with Crippen LogP contribution in [-0.4, -0.2) is 0 Å². The standard InChI is InChI=1S/C66H50N2/c1-2-3-33-65(53-23-11-5-12-24-53)68(56-29-17-8-18-30-56)59-44-38-52(39-45-59)51-36-42-58(43-37-51)67(57-40-34-50(35-41-57)49-21-9-4-10-22-49)60-46-47-62-61-31-19-20-32-63(61)66(64(62)48-60,54-25-13-6-14-26-54)55-27-15-7-16-28-55/h2-48H,1H3/b3-2-,65-33+. The minimum atomic E-state index is -0.510. The van der Waals surface area contributed by atoms with Gasteiger partial charge in [-0.05, 0) is 135 Å². The molecule has 0 saturated heterocycles. The van der Waals surface area contributed by atoms with E-state index in [1.54, 1.807) is 0 Å². The average molecular weight is 871 g/mol. The van der Waals surface area contributed by atoms with Crippen LogP contribution in [0.4, 0.5) is 28.4 Å². The molecule has 10 aromatic rings. The number of allylic oxidation sites excluding steroid dienone is 3. The molecule has 0 aliphatic heterocycles. The fraction of sp³-hybridized carbons (Fsp3) is 0.0303. The second-order valence-corrected chi connectivity index (χ2v) is 17.2. The van der Waals surface area contributed by atoms with Crippen LogP contribution >= 0.6 is 0 Å². The lowest BCUT2D eigenvalue weighted by molar-refractivity contribution is 0.768. The molecular weight excluding hydrogens is 821 g/mol. The van der Waals surface area contributed by atoms with E-state index in [1.807, 2.05) is 0 Å². The van der Waals surface area contributed by atoms with E-state index in [0.29, 0.717) is 0 Å². The van der Waals surface area contributed by atoms with Crippen molar-refractivity contribution in [1.82, 2.24) is 0 Å². The summed E-state index contributed by atoms with van der Waals surface area (Å²) in [5, 5.41) is 0. The van der Waals surface area contributed by atoms with Gasteiger partial charge in [-0.2, -0.15) is 0 Å². The lowest BCUT2D eigenvalue weighted by atomic mass is 9.67. The summed E-state index contributed by atoms with van der Waals surface area (Å²) in [7, 11) is 0. The van der Waals surface area contributed by atoms with Crippen molar-refractivity contribution in [2.75, 3.05) is 9.80 Å². The highest BCUT2D eigenvalue weighted by molar-refractivity contribution is 5.91. The molecule has 68 heavy (non-hydrogen) atoms. The van der Waals surface area contributed by atoms with Crippen LogP contribution in [-0.2, 0) is 5.41 Å². The molecule has 1 aliphatic carbocycles. The molecule has 0 saturated carbocycles. The fourth-order valence-electron chi connectivity index (χ4n) is 10.2. The van der Waals surface area contributed by atoms with Gasteiger partial charge in [0.1, 0.15) is 0 Å². The number of hydrogen-bond acceptors (Lipinski definition) is 2. The lowest BCUT2D eigenvalue weighted by Crippen LogP contribution is -2.28. The smallest absolute Gasteiger partial charge is 0.0714 e. The highest BCUT2D eigenvalue weighted by atomic mass is 15.2. The van der Waals surface area contributed by atoms with E-state index in [1.165, 1.54) is 44.5 Å². The van der Waals surface area contributed by atoms with Crippen molar-refractivity contribution in [2.24, 2.45) is 0 Å². The van der Waals surface area contributed by atoms with Crippen molar-refractivity contribution in [3.63, 3.8) is 0 Å². The number of para-hydroxylation sites is 1. The van der Waals surface area contributed by atoms with Gasteiger partial charge in [0, 0.05) is 28.4 Å². The van der Waals surface area contributed by atoms with Crippen molar-refractivity contribution in [1.29, 1.82) is 0 Å². The van der Waals surface area contributed by atoms with E-state index in [4.69, 9.17) is 0 Å². The molecule has 0 fully saturated rings. The maximum atomic E-state index is 2.44. The average Bonchev–Trinajstić information content (AvgIpc) is 3.72. The van der Waals surface area contributed by atoms with E-state index in [0.717, 1.165) is 50.8 Å². The minimum Gasteiger partial charge on any atom is -0.310 e. The number of benzene rings is 10. The van der Waals surface area contributed by atoms with E-state index in [9.17, 15) is 0 Å². The van der Waals surface area contributed by atoms with Crippen LogP contribution in [0.5, 0.6) is 0 Å². The van der Waals surface area contributed by atoms with Crippen LogP contribution in [0.1, 0.15) is 34.7 Å². The molecule has 0 spiro atoms.